The zero-order valence-electron chi connectivity index (χ0n) is 20.6. The largest absolute Gasteiger partial charge is 0.473 e. The van der Waals surface area contributed by atoms with Crippen LogP contribution < -0.4 is 4.74 Å². The molecule has 10 nitrogen and oxygen atoms in total. The highest BCUT2D eigenvalue weighted by molar-refractivity contribution is 5.93. The Balaban J connectivity index is 1.65. The molecular formula is C25H29N7O3. The Morgan fingerprint density at radius 3 is 2.91 bits per heavy atom. The van der Waals surface area contributed by atoms with E-state index >= 15 is 0 Å². The van der Waals surface area contributed by atoms with Gasteiger partial charge in [-0.3, -0.25) is 19.5 Å². The van der Waals surface area contributed by atoms with Crippen LogP contribution in [0.1, 0.15) is 29.6 Å². The molecule has 2 bridgehead atoms. The number of H-pyrrole nitrogens is 1. The lowest BCUT2D eigenvalue weighted by Crippen LogP contribution is -2.31. The van der Waals surface area contributed by atoms with E-state index in [1.165, 1.54) is 7.11 Å². The molecule has 5 rings (SSSR count). The van der Waals surface area contributed by atoms with E-state index in [1.54, 1.807) is 9.36 Å². The molecule has 10 heteroatoms. The molecule has 1 N–H and O–H groups in total. The fourth-order valence-corrected chi connectivity index (χ4v) is 4.54. The molecular weight excluding hydrogens is 446 g/mol. The molecule has 1 aliphatic heterocycles. The van der Waals surface area contributed by atoms with Crippen LogP contribution >= 0.6 is 0 Å². The Morgan fingerprint density at radius 1 is 1.29 bits per heavy atom. The lowest BCUT2D eigenvalue weighted by molar-refractivity contribution is -0.141. The van der Waals surface area contributed by atoms with Crippen molar-refractivity contribution in [2.24, 2.45) is 7.05 Å². The van der Waals surface area contributed by atoms with Gasteiger partial charge >= 0.3 is 5.97 Å². The van der Waals surface area contributed by atoms with Gasteiger partial charge in [-0.05, 0) is 50.7 Å². The highest BCUT2D eigenvalue weighted by Crippen LogP contribution is 2.33. The number of nitrogens with zero attached hydrogens (tertiary/aromatic N) is 6. The first-order valence-corrected chi connectivity index (χ1v) is 11.5. The van der Waals surface area contributed by atoms with Gasteiger partial charge in [-0.2, -0.15) is 15.3 Å². The summed E-state index contributed by atoms with van der Waals surface area (Å²) in [5, 5.41) is 17.8. The standard InChI is InChI=1S/C25H29N7O3/c1-15-12-30(3)13-23-18(16(2)32(29-23)14-24(33)34-5)7-9-22-19-10-17(6-8-21(19)27-28-22)20-11-26-31(4)25(20)35-15/h6-11,15H,12-14H2,1-5H3,(H,27,28)/b9-7+/t15-/m0/s1. The van der Waals surface area contributed by atoms with Crippen LogP contribution in [0.3, 0.4) is 0 Å². The van der Waals surface area contributed by atoms with Crippen molar-refractivity contribution in [2.45, 2.75) is 33.0 Å². The number of carbonyl (C=O) groups excluding carboxylic acids is 1. The predicted octanol–water partition coefficient (Wildman–Crippen LogP) is 3.02. The number of carbonyl (C=O) groups is 1. The molecule has 0 saturated carbocycles. The summed E-state index contributed by atoms with van der Waals surface area (Å²) in [7, 11) is 5.30. The second-order valence-electron chi connectivity index (χ2n) is 8.99. The summed E-state index contributed by atoms with van der Waals surface area (Å²) < 4.78 is 14.7. The van der Waals surface area contributed by atoms with Gasteiger partial charge in [0.05, 0.1) is 35.8 Å². The molecule has 182 valence electrons. The van der Waals surface area contributed by atoms with E-state index in [1.807, 2.05) is 58.4 Å². The van der Waals surface area contributed by atoms with Crippen molar-refractivity contribution in [3.05, 3.63) is 47.0 Å². The molecule has 0 amide bonds. The number of hydrogen-bond donors (Lipinski definition) is 1. The maximum atomic E-state index is 11.9. The minimum Gasteiger partial charge on any atom is -0.473 e. The number of fused-ring (bicyclic) bond motifs is 4. The van der Waals surface area contributed by atoms with Crippen molar-refractivity contribution in [3.8, 4) is 17.0 Å². The summed E-state index contributed by atoms with van der Waals surface area (Å²) in [6.45, 7) is 5.33. The van der Waals surface area contributed by atoms with Crippen molar-refractivity contribution < 1.29 is 14.3 Å². The summed E-state index contributed by atoms with van der Waals surface area (Å²) in [6, 6.07) is 6.17. The second kappa shape index (κ2) is 9.03. The highest BCUT2D eigenvalue weighted by Gasteiger charge is 2.21. The fraction of sp³-hybridized carbons (Fsp3) is 0.360. The number of aromatic nitrogens is 6. The summed E-state index contributed by atoms with van der Waals surface area (Å²) >= 11 is 0. The third-order valence-electron chi connectivity index (χ3n) is 6.33. The normalized spacial score (nSPS) is 17.3. The van der Waals surface area contributed by atoms with Gasteiger partial charge in [0.2, 0.25) is 5.88 Å². The van der Waals surface area contributed by atoms with Crippen molar-refractivity contribution in [1.29, 1.82) is 0 Å². The van der Waals surface area contributed by atoms with Crippen molar-refractivity contribution in [2.75, 3.05) is 20.7 Å². The fourth-order valence-electron chi connectivity index (χ4n) is 4.54. The third kappa shape index (κ3) is 4.32. The van der Waals surface area contributed by atoms with Crippen LogP contribution in [0.4, 0.5) is 0 Å². The monoisotopic (exact) mass is 475 g/mol. The number of nitrogens with one attached hydrogen (secondary N) is 1. The van der Waals surface area contributed by atoms with Crippen LogP contribution in [-0.4, -0.2) is 67.4 Å². The molecule has 1 aromatic carbocycles. The van der Waals surface area contributed by atoms with Gasteiger partial charge in [-0.25, -0.2) is 4.68 Å². The molecule has 0 radical (unpaired) electrons. The van der Waals surface area contributed by atoms with Crippen LogP contribution in [0.2, 0.25) is 0 Å². The zero-order chi connectivity index (χ0) is 24.7. The Morgan fingerprint density at radius 2 is 2.11 bits per heavy atom. The van der Waals surface area contributed by atoms with E-state index in [0.717, 1.165) is 50.6 Å². The van der Waals surface area contributed by atoms with E-state index in [0.29, 0.717) is 13.1 Å². The number of benzene rings is 1. The Bertz CT molecular complexity index is 1430. The Hall–Kier alpha value is -3.92. The van der Waals surface area contributed by atoms with Crippen LogP contribution in [-0.2, 0) is 29.7 Å². The first-order chi connectivity index (χ1) is 16.8. The number of aromatic amines is 1. The first-order valence-electron chi connectivity index (χ1n) is 11.5. The number of aryl methyl sites for hydroxylation is 1. The summed E-state index contributed by atoms with van der Waals surface area (Å²) in [6.07, 6.45) is 5.76. The highest BCUT2D eigenvalue weighted by atomic mass is 16.5. The number of esters is 1. The molecule has 0 fully saturated rings. The van der Waals surface area contributed by atoms with Gasteiger partial charge < -0.3 is 9.47 Å². The van der Waals surface area contributed by atoms with Gasteiger partial charge in [-0.1, -0.05) is 6.07 Å². The van der Waals surface area contributed by atoms with Gasteiger partial charge in [0.15, 0.2) is 0 Å². The van der Waals surface area contributed by atoms with Crippen molar-refractivity contribution in [3.63, 3.8) is 0 Å². The van der Waals surface area contributed by atoms with Gasteiger partial charge in [0.1, 0.15) is 12.6 Å². The molecule has 3 aromatic heterocycles. The van der Waals surface area contributed by atoms with E-state index in [9.17, 15) is 4.79 Å². The number of methoxy groups -OCH3 is 1. The maximum Gasteiger partial charge on any atom is 0.327 e. The lowest BCUT2D eigenvalue weighted by atomic mass is 10.0. The molecule has 35 heavy (non-hydrogen) atoms. The first kappa shape index (κ1) is 22.9. The van der Waals surface area contributed by atoms with Crippen LogP contribution in [0.15, 0.2) is 24.4 Å². The van der Waals surface area contributed by atoms with Crippen LogP contribution in [0.5, 0.6) is 5.88 Å². The number of ether oxygens (including phenoxy) is 2. The van der Waals surface area contributed by atoms with Gasteiger partial charge in [-0.15, -0.1) is 0 Å². The minimum atomic E-state index is -0.340. The van der Waals surface area contributed by atoms with E-state index in [-0.39, 0.29) is 18.6 Å². The molecule has 1 aliphatic rings. The molecule has 4 aromatic rings. The number of likely N-dealkylation sites (N-methyl/N-ethyl adjacent to an activating group) is 1. The quantitative estimate of drug-likeness (QED) is 0.445. The Kier molecular flexibility index (Phi) is 5.89. The van der Waals surface area contributed by atoms with Crippen LogP contribution in [0.25, 0.3) is 34.2 Å². The molecule has 0 saturated heterocycles. The number of hydrogen-bond acceptors (Lipinski definition) is 7. The molecule has 1 atom stereocenters. The SMILES string of the molecule is COC(=O)Cn1nc2c(c1C)/C=C/c1n[nH]c3ccc(cc13)-c1cnn(C)c1O[C@@H](C)CN(C)C2. The van der Waals surface area contributed by atoms with Crippen molar-refractivity contribution in [1.82, 2.24) is 34.7 Å². The predicted molar refractivity (Wildman–Crippen MR) is 133 cm³/mol. The molecule has 0 spiro atoms. The Labute approximate surface area is 203 Å². The average molecular weight is 476 g/mol. The minimum absolute atomic E-state index is 0.0599. The summed E-state index contributed by atoms with van der Waals surface area (Å²) in [4.78, 5) is 14.1. The third-order valence-corrected chi connectivity index (χ3v) is 6.33. The van der Waals surface area contributed by atoms with Crippen LogP contribution in [0, 0.1) is 6.92 Å². The zero-order valence-corrected chi connectivity index (χ0v) is 20.6. The smallest absolute Gasteiger partial charge is 0.327 e. The maximum absolute atomic E-state index is 11.9. The topological polar surface area (TPSA) is 103 Å². The second-order valence-corrected chi connectivity index (χ2v) is 8.99. The van der Waals surface area contributed by atoms with E-state index in [4.69, 9.17) is 14.6 Å². The van der Waals surface area contributed by atoms with E-state index < -0.39 is 0 Å². The molecule has 4 heterocycles. The summed E-state index contributed by atoms with van der Waals surface area (Å²) in [5.41, 5.74) is 6.43. The average Bonchev–Trinajstić information content (AvgIpc) is 3.48. The number of rotatable bonds is 2. The van der Waals surface area contributed by atoms with Gasteiger partial charge in [0.25, 0.3) is 0 Å². The molecule has 0 unspecified atom stereocenters. The lowest BCUT2D eigenvalue weighted by Gasteiger charge is -2.22. The summed E-state index contributed by atoms with van der Waals surface area (Å²) in [5.74, 6) is 0.382. The molecule has 0 aliphatic carbocycles. The van der Waals surface area contributed by atoms with E-state index in [2.05, 4.69) is 26.3 Å². The van der Waals surface area contributed by atoms with Crippen molar-refractivity contribution >= 4 is 29.0 Å². The van der Waals surface area contributed by atoms with Gasteiger partial charge in [0, 0.05) is 36.8 Å².